The molecule has 0 aliphatic carbocycles. The number of amides is 2. The summed E-state index contributed by atoms with van der Waals surface area (Å²) in [6, 6.07) is 13.2. The normalized spacial score (nSPS) is 15.9. The molecular formula is C23H30N4O4S. The number of aryl methyl sites for hydroxylation is 1. The quantitative estimate of drug-likeness (QED) is 0.661. The highest BCUT2D eigenvalue weighted by Crippen LogP contribution is 2.16. The molecule has 1 aliphatic heterocycles. The van der Waals surface area contributed by atoms with E-state index in [4.69, 9.17) is 0 Å². The van der Waals surface area contributed by atoms with Crippen molar-refractivity contribution in [2.24, 2.45) is 0 Å². The van der Waals surface area contributed by atoms with Crippen LogP contribution in [0.4, 0.5) is 5.69 Å². The summed E-state index contributed by atoms with van der Waals surface area (Å²) >= 11 is 0. The molecule has 0 bridgehead atoms. The Bertz CT molecular complexity index is 1060. The topological polar surface area (TPSA) is 98.8 Å². The molecule has 1 atom stereocenters. The molecule has 2 N–H and O–H groups in total. The van der Waals surface area contributed by atoms with Crippen molar-refractivity contribution in [2.45, 2.75) is 38.3 Å². The van der Waals surface area contributed by atoms with Gasteiger partial charge in [0.1, 0.15) is 0 Å². The van der Waals surface area contributed by atoms with E-state index in [-0.39, 0.29) is 16.7 Å². The van der Waals surface area contributed by atoms with Crippen molar-refractivity contribution in [3.05, 3.63) is 59.7 Å². The van der Waals surface area contributed by atoms with Crippen LogP contribution in [0.3, 0.4) is 0 Å². The van der Waals surface area contributed by atoms with Crippen LogP contribution in [-0.4, -0.2) is 62.3 Å². The minimum atomic E-state index is -3.87. The molecule has 0 spiro atoms. The van der Waals surface area contributed by atoms with Gasteiger partial charge >= 0.3 is 0 Å². The number of carbonyl (C=O) groups excluding carboxylic acids is 2. The summed E-state index contributed by atoms with van der Waals surface area (Å²) in [5, 5.41) is 2.59. The summed E-state index contributed by atoms with van der Waals surface area (Å²) in [5.41, 5.74) is 3.03. The Morgan fingerprint density at radius 2 is 1.62 bits per heavy atom. The van der Waals surface area contributed by atoms with Gasteiger partial charge in [-0.3, -0.25) is 14.5 Å². The zero-order valence-electron chi connectivity index (χ0n) is 18.7. The van der Waals surface area contributed by atoms with Gasteiger partial charge in [-0.25, -0.2) is 8.42 Å². The minimum Gasteiger partial charge on any atom is -0.339 e. The zero-order chi connectivity index (χ0) is 23.3. The molecule has 1 saturated heterocycles. The second kappa shape index (κ2) is 10.2. The third-order valence-electron chi connectivity index (χ3n) is 5.53. The summed E-state index contributed by atoms with van der Waals surface area (Å²) in [5.74, 6) is -0.476. The van der Waals surface area contributed by atoms with Crippen LogP contribution in [0.2, 0.25) is 0 Å². The third kappa shape index (κ3) is 6.15. The van der Waals surface area contributed by atoms with Crippen LogP contribution in [-0.2, 0) is 26.2 Å². The smallest absolute Gasteiger partial charge is 0.241 e. The first-order valence-corrected chi connectivity index (χ1v) is 12.1. The van der Waals surface area contributed by atoms with E-state index in [2.05, 4.69) is 34.0 Å². The maximum Gasteiger partial charge on any atom is 0.241 e. The van der Waals surface area contributed by atoms with Crippen LogP contribution in [0.25, 0.3) is 0 Å². The predicted molar refractivity (Wildman–Crippen MR) is 124 cm³/mol. The number of benzene rings is 2. The van der Waals surface area contributed by atoms with Gasteiger partial charge in [-0.05, 0) is 49.2 Å². The molecule has 8 nitrogen and oxygen atoms in total. The molecule has 2 amide bonds. The molecule has 0 unspecified atom stereocenters. The van der Waals surface area contributed by atoms with Gasteiger partial charge in [0.25, 0.3) is 0 Å². The number of sulfonamides is 1. The molecule has 9 heteroatoms. The van der Waals surface area contributed by atoms with Crippen molar-refractivity contribution in [1.29, 1.82) is 0 Å². The monoisotopic (exact) mass is 458 g/mol. The number of carbonyl (C=O) groups is 2. The van der Waals surface area contributed by atoms with Gasteiger partial charge in [0.15, 0.2) is 0 Å². The van der Waals surface area contributed by atoms with E-state index in [9.17, 15) is 18.0 Å². The molecule has 2 aromatic rings. The fraction of sp³-hybridized carbons (Fsp3) is 0.391. The van der Waals surface area contributed by atoms with Gasteiger partial charge in [-0.2, -0.15) is 4.72 Å². The van der Waals surface area contributed by atoms with Gasteiger partial charge in [0.05, 0.1) is 10.9 Å². The first-order chi connectivity index (χ1) is 15.2. The van der Waals surface area contributed by atoms with E-state index in [0.717, 1.165) is 19.6 Å². The molecule has 3 rings (SSSR count). The number of rotatable bonds is 7. The Morgan fingerprint density at radius 3 is 2.22 bits per heavy atom. The minimum absolute atomic E-state index is 0.0364. The number of anilines is 1. The number of hydrogen-bond acceptors (Lipinski definition) is 5. The maximum atomic E-state index is 12.8. The highest BCUT2D eigenvalue weighted by atomic mass is 32.2. The van der Waals surface area contributed by atoms with Crippen LogP contribution in [0.5, 0.6) is 0 Å². The lowest BCUT2D eigenvalue weighted by molar-refractivity contribution is -0.134. The van der Waals surface area contributed by atoms with Gasteiger partial charge in [-0.15, -0.1) is 0 Å². The SMILES string of the molecule is CC(=O)Nc1ccc(S(=O)(=O)N[C@@H](C)C(=O)N2CCN(Cc3ccccc3C)CC2)cc1. The summed E-state index contributed by atoms with van der Waals surface area (Å²) in [4.78, 5) is 28.0. The summed E-state index contributed by atoms with van der Waals surface area (Å²) < 4.78 is 27.8. The molecule has 0 saturated carbocycles. The molecule has 0 aromatic heterocycles. The average molecular weight is 459 g/mol. The van der Waals surface area contributed by atoms with Crippen LogP contribution in [0, 0.1) is 6.92 Å². The van der Waals surface area contributed by atoms with Crippen molar-refractivity contribution in [1.82, 2.24) is 14.5 Å². The van der Waals surface area contributed by atoms with Gasteiger partial charge < -0.3 is 10.2 Å². The average Bonchev–Trinajstić information content (AvgIpc) is 2.75. The first kappa shape index (κ1) is 23.9. The number of piperazine rings is 1. The molecule has 1 fully saturated rings. The van der Waals surface area contributed by atoms with Crippen molar-refractivity contribution in [2.75, 3.05) is 31.5 Å². The van der Waals surface area contributed by atoms with Crippen LogP contribution in [0.15, 0.2) is 53.4 Å². The lowest BCUT2D eigenvalue weighted by Crippen LogP contribution is -2.53. The Labute approximate surface area is 189 Å². The van der Waals surface area contributed by atoms with Crippen molar-refractivity contribution < 1.29 is 18.0 Å². The standard InChI is InChI=1S/C23H30N4O4S/c1-17-6-4-5-7-20(17)16-26-12-14-27(15-13-26)23(29)18(2)25-32(30,31)22-10-8-21(9-11-22)24-19(3)28/h4-11,18,25H,12-16H2,1-3H3,(H,24,28)/t18-/m0/s1. The molecule has 2 aromatic carbocycles. The molecule has 0 radical (unpaired) electrons. The summed E-state index contributed by atoms with van der Waals surface area (Å²) in [6.07, 6.45) is 0. The summed E-state index contributed by atoms with van der Waals surface area (Å²) in [6.45, 7) is 8.47. The van der Waals surface area contributed by atoms with Crippen LogP contribution < -0.4 is 10.0 Å². The van der Waals surface area contributed by atoms with Crippen molar-refractivity contribution in [3.63, 3.8) is 0 Å². The Balaban J connectivity index is 1.54. The van der Waals surface area contributed by atoms with E-state index in [1.807, 2.05) is 12.1 Å². The lowest BCUT2D eigenvalue weighted by atomic mass is 10.1. The van der Waals surface area contributed by atoms with E-state index in [1.54, 1.807) is 11.8 Å². The van der Waals surface area contributed by atoms with E-state index in [0.29, 0.717) is 18.8 Å². The molecule has 1 heterocycles. The molecular weight excluding hydrogens is 428 g/mol. The third-order valence-corrected chi connectivity index (χ3v) is 7.08. The lowest BCUT2D eigenvalue weighted by Gasteiger charge is -2.36. The van der Waals surface area contributed by atoms with Crippen LogP contribution in [0.1, 0.15) is 25.0 Å². The zero-order valence-corrected chi connectivity index (χ0v) is 19.5. The molecule has 1 aliphatic rings. The second-order valence-corrected chi connectivity index (χ2v) is 9.79. The largest absolute Gasteiger partial charge is 0.339 e. The number of nitrogens with zero attached hydrogens (tertiary/aromatic N) is 2. The van der Waals surface area contributed by atoms with Crippen molar-refractivity contribution in [3.8, 4) is 0 Å². The van der Waals surface area contributed by atoms with Gasteiger partial charge in [-0.1, -0.05) is 24.3 Å². The van der Waals surface area contributed by atoms with Gasteiger partial charge in [0, 0.05) is 45.3 Å². The predicted octanol–water partition coefficient (Wildman–Crippen LogP) is 1.96. The fourth-order valence-corrected chi connectivity index (χ4v) is 4.90. The second-order valence-electron chi connectivity index (χ2n) is 8.08. The van der Waals surface area contributed by atoms with E-state index >= 15 is 0 Å². The van der Waals surface area contributed by atoms with Crippen molar-refractivity contribution >= 4 is 27.5 Å². The molecule has 32 heavy (non-hydrogen) atoms. The maximum absolute atomic E-state index is 12.8. The first-order valence-electron chi connectivity index (χ1n) is 10.6. The number of nitrogens with one attached hydrogen (secondary N) is 2. The summed E-state index contributed by atoms with van der Waals surface area (Å²) in [7, 11) is -3.87. The fourth-order valence-electron chi connectivity index (χ4n) is 3.70. The highest BCUT2D eigenvalue weighted by Gasteiger charge is 2.28. The Morgan fingerprint density at radius 1 is 1.00 bits per heavy atom. The Kier molecular flexibility index (Phi) is 7.65. The van der Waals surface area contributed by atoms with Gasteiger partial charge in [0.2, 0.25) is 21.8 Å². The van der Waals surface area contributed by atoms with E-state index < -0.39 is 16.1 Å². The van der Waals surface area contributed by atoms with Crippen LogP contribution >= 0.6 is 0 Å². The Hall–Kier alpha value is -2.75. The number of hydrogen-bond donors (Lipinski definition) is 2. The molecule has 172 valence electrons. The van der Waals surface area contributed by atoms with E-state index in [1.165, 1.54) is 42.3 Å². The highest BCUT2D eigenvalue weighted by molar-refractivity contribution is 7.89.